The van der Waals surface area contributed by atoms with Gasteiger partial charge in [-0.1, -0.05) is 26.0 Å². The topological polar surface area (TPSA) is 75.2 Å². The fourth-order valence-corrected chi connectivity index (χ4v) is 3.08. The van der Waals surface area contributed by atoms with E-state index in [-0.39, 0.29) is 36.0 Å². The fraction of sp³-hybridized carbons (Fsp3) is 0.400. The first-order valence-electron chi connectivity index (χ1n) is 9.00. The molecule has 0 aliphatic carbocycles. The van der Waals surface area contributed by atoms with Crippen LogP contribution in [0.25, 0.3) is 0 Å². The van der Waals surface area contributed by atoms with Crippen LogP contribution in [0, 0.1) is 12.7 Å². The number of benzene rings is 1. The molecule has 1 saturated heterocycles. The van der Waals surface area contributed by atoms with Crippen molar-refractivity contribution in [3.63, 3.8) is 0 Å². The minimum Gasteiger partial charge on any atom is -0.347 e. The first-order valence-corrected chi connectivity index (χ1v) is 9.00. The lowest BCUT2D eigenvalue weighted by atomic mass is 10.1. The highest BCUT2D eigenvalue weighted by atomic mass is 19.1. The average Bonchev–Trinajstić information content (AvgIpc) is 2.95. The van der Waals surface area contributed by atoms with E-state index < -0.39 is 0 Å². The minimum atomic E-state index is -0.308. The number of aryl methyl sites for hydroxylation is 1. The highest BCUT2D eigenvalue weighted by Crippen LogP contribution is 2.17. The van der Waals surface area contributed by atoms with Gasteiger partial charge in [-0.15, -0.1) is 0 Å². The van der Waals surface area contributed by atoms with Crippen LogP contribution in [0.4, 0.5) is 4.39 Å². The SMILES string of the molecule is Cc1nc(C(C)C)ncc1C(=O)NC1CC(=O)N(Cc2ccc(F)cc2)C1. The monoisotopic (exact) mass is 370 g/mol. The van der Waals surface area contributed by atoms with E-state index in [9.17, 15) is 14.0 Å². The molecule has 6 nitrogen and oxygen atoms in total. The normalized spacial score (nSPS) is 16.9. The number of rotatable bonds is 5. The maximum atomic E-state index is 13.0. The second-order valence-electron chi connectivity index (χ2n) is 7.16. The molecule has 27 heavy (non-hydrogen) atoms. The number of carbonyl (C=O) groups is 2. The van der Waals surface area contributed by atoms with Crippen LogP contribution in [0.3, 0.4) is 0 Å². The summed E-state index contributed by atoms with van der Waals surface area (Å²) in [4.78, 5) is 35.1. The van der Waals surface area contributed by atoms with Crippen molar-refractivity contribution in [1.82, 2.24) is 20.2 Å². The highest BCUT2D eigenvalue weighted by molar-refractivity contribution is 5.95. The van der Waals surface area contributed by atoms with Crippen molar-refractivity contribution in [3.05, 3.63) is 58.9 Å². The Morgan fingerprint density at radius 2 is 2.04 bits per heavy atom. The quantitative estimate of drug-likeness (QED) is 0.878. The fourth-order valence-electron chi connectivity index (χ4n) is 3.08. The first-order chi connectivity index (χ1) is 12.8. The molecule has 0 bridgehead atoms. The molecule has 0 radical (unpaired) electrons. The van der Waals surface area contributed by atoms with E-state index in [1.807, 2.05) is 13.8 Å². The average molecular weight is 370 g/mol. The minimum absolute atomic E-state index is 0.0345. The zero-order valence-electron chi connectivity index (χ0n) is 15.7. The molecule has 7 heteroatoms. The number of aromatic nitrogens is 2. The molecule has 1 unspecified atom stereocenters. The van der Waals surface area contributed by atoms with Gasteiger partial charge in [0.25, 0.3) is 5.91 Å². The third kappa shape index (κ3) is 4.48. The van der Waals surface area contributed by atoms with E-state index in [0.717, 1.165) is 5.56 Å². The zero-order chi connectivity index (χ0) is 19.6. The number of nitrogens with zero attached hydrogens (tertiary/aromatic N) is 3. The summed E-state index contributed by atoms with van der Waals surface area (Å²) >= 11 is 0. The molecule has 1 atom stereocenters. The van der Waals surface area contributed by atoms with Crippen LogP contribution >= 0.6 is 0 Å². The number of hydrogen-bond acceptors (Lipinski definition) is 4. The molecule has 1 aromatic carbocycles. The van der Waals surface area contributed by atoms with Crippen LogP contribution in [0.2, 0.25) is 0 Å². The number of amides is 2. The number of halogens is 1. The lowest BCUT2D eigenvalue weighted by Gasteiger charge is -2.17. The molecule has 1 aromatic heterocycles. The van der Waals surface area contributed by atoms with E-state index in [4.69, 9.17) is 0 Å². The van der Waals surface area contributed by atoms with Crippen LogP contribution in [-0.4, -0.2) is 39.3 Å². The van der Waals surface area contributed by atoms with Crippen molar-refractivity contribution >= 4 is 11.8 Å². The number of nitrogens with one attached hydrogen (secondary N) is 1. The van der Waals surface area contributed by atoms with E-state index in [1.54, 1.807) is 30.2 Å². The lowest BCUT2D eigenvalue weighted by Crippen LogP contribution is -2.37. The molecule has 0 spiro atoms. The van der Waals surface area contributed by atoms with Crippen molar-refractivity contribution in [2.45, 2.75) is 45.7 Å². The molecule has 2 amide bonds. The van der Waals surface area contributed by atoms with Gasteiger partial charge in [0.15, 0.2) is 0 Å². The molecule has 1 fully saturated rings. The molecule has 2 heterocycles. The molecule has 142 valence electrons. The molecule has 0 saturated carbocycles. The van der Waals surface area contributed by atoms with Gasteiger partial charge in [-0.2, -0.15) is 0 Å². The van der Waals surface area contributed by atoms with Gasteiger partial charge in [-0.05, 0) is 24.6 Å². The molecule has 1 N–H and O–H groups in total. The Kier molecular flexibility index (Phi) is 5.48. The Morgan fingerprint density at radius 1 is 1.33 bits per heavy atom. The van der Waals surface area contributed by atoms with E-state index >= 15 is 0 Å². The predicted molar refractivity (Wildman–Crippen MR) is 98.5 cm³/mol. The Labute approximate surface area is 157 Å². The van der Waals surface area contributed by atoms with Crippen molar-refractivity contribution in [1.29, 1.82) is 0 Å². The van der Waals surface area contributed by atoms with Crippen molar-refractivity contribution in [2.24, 2.45) is 0 Å². The predicted octanol–water partition coefficient (Wildman–Crippen LogP) is 2.58. The molecule has 1 aliphatic heterocycles. The van der Waals surface area contributed by atoms with Gasteiger partial charge in [0, 0.05) is 31.6 Å². The third-order valence-corrected chi connectivity index (χ3v) is 4.60. The summed E-state index contributed by atoms with van der Waals surface area (Å²) in [5.74, 6) is 0.272. The van der Waals surface area contributed by atoms with Gasteiger partial charge < -0.3 is 10.2 Å². The molecule has 3 rings (SSSR count). The van der Waals surface area contributed by atoms with Crippen LogP contribution in [0.1, 0.15) is 53.6 Å². The first kappa shape index (κ1) is 18.9. The van der Waals surface area contributed by atoms with Gasteiger partial charge >= 0.3 is 0 Å². The van der Waals surface area contributed by atoms with Gasteiger partial charge in [0.2, 0.25) is 5.91 Å². The number of hydrogen-bond donors (Lipinski definition) is 1. The maximum Gasteiger partial charge on any atom is 0.254 e. The van der Waals surface area contributed by atoms with Gasteiger partial charge in [0.05, 0.1) is 17.3 Å². The summed E-state index contributed by atoms with van der Waals surface area (Å²) in [6.45, 7) is 6.59. The second kappa shape index (κ2) is 7.82. The number of likely N-dealkylation sites (tertiary alicyclic amines) is 1. The summed E-state index contributed by atoms with van der Waals surface area (Å²) in [5.41, 5.74) is 1.90. The summed E-state index contributed by atoms with van der Waals surface area (Å²) in [6, 6.07) is 5.80. The molecule has 2 aromatic rings. The maximum absolute atomic E-state index is 13.0. The van der Waals surface area contributed by atoms with Crippen LogP contribution in [0.15, 0.2) is 30.5 Å². The second-order valence-corrected chi connectivity index (χ2v) is 7.16. The van der Waals surface area contributed by atoms with Crippen molar-refractivity contribution in [2.75, 3.05) is 6.54 Å². The number of carbonyl (C=O) groups excluding carboxylic acids is 2. The summed E-state index contributed by atoms with van der Waals surface area (Å²) in [5, 5.41) is 2.90. The Hall–Kier alpha value is -2.83. The largest absolute Gasteiger partial charge is 0.347 e. The van der Waals surface area contributed by atoms with E-state index in [1.165, 1.54) is 12.1 Å². The summed E-state index contributed by atoms with van der Waals surface area (Å²) < 4.78 is 13.0. The highest BCUT2D eigenvalue weighted by Gasteiger charge is 2.31. The van der Waals surface area contributed by atoms with Crippen molar-refractivity contribution in [3.8, 4) is 0 Å². The summed E-state index contributed by atoms with van der Waals surface area (Å²) in [6.07, 6.45) is 1.79. The Balaban J connectivity index is 1.62. The van der Waals surface area contributed by atoms with E-state index in [0.29, 0.717) is 30.2 Å². The van der Waals surface area contributed by atoms with Crippen molar-refractivity contribution < 1.29 is 14.0 Å². The molecular formula is C20H23FN4O2. The lowest BCUT2D eigenvalue weighted by molar-refractivity contribution is -0.128. The van der Waals surface area contributed by atoms with Crippen LogP contribution in [-0.2, 0) is 11.3 Å². The summed E-state index contributed by atoms with van der Waals surface area (Å²) in [7, 11) is 0. The third-order valence-electron chi connectivity index (χ3n) is 4.60. The standard InChI is InChI=1S/C20H23FN4O2/c1-12(2)19-22-9-17(13(3)23-19)20(27)24-16-8-18(26)25(11-16)10-14-4-6-15(21)7-5-14/h4-7,9,12,16H,8,10-11H2,1-3H3,(H,24,27). The van der Waals surface area contributed by atoms with Gasteiger partial charge in [0.1, 0.15) is 11.6 Å². The van der Waals surface area contributed by atoms with E-state index in [2.05, 4.69) is 15.3 Å². The van der Waals surface area contributed by atoms with Crippen LogP contribution < -0.4 is 5.32 Å². The van der Waals surface area contributed by atoms with Gasteiger partial charge in [-0.3, -0.25) is 9.59 Å². The zero-order valence-corrected chi connectivity index (χ0v) is 15.7. The Morgan fingerprint density at radius 3 is 2.67 bits per heavy atom. The van der Waals surface area contributed by atoms with Gasteiger partial charge in [-0.25, -0.2) is 14.4 Å². The van der Waals surface area contributed by atoms with Crippen LogP contribution in [0.5, 0.6) is 0 Å². The molecule has 1 aliphatic rings. The molecular weight excluding hydrogens is 347 g/mol. The Bertz CT molecular complexity index is 852. The smallest absolute Gasteiger partial charge is 0.254 e.